The Kier molecular flexibility index (Phi) is 4.57. The third kappa shape index (κ3) is 3.44. The van der Waals surface area contributed by atoms with E-state index in [-0.39, 0.29) is 11.6 Å². The van der Waals surface area contributed by atoms with Crippen LogP contribution in [0, 0.1) is 0 Å². The summed E-state index contributed by atoms with van der Waals surface area (Å²) >= 11 is 3.37. The molecule has 0 aromatic heterocycles. The van der Waals surface area contributed by atoms with Gasteiger partial charge in [-0.2, -0.15) is 0 Å². The summed E-state index contributed by atoms with van der Waals surface area (Å²) in [5, 5.41) is 0. The maximum atomic E-state index is 12.0. The van der Waals surface area contributed by atoms with E-state index in [1.807, 2.05) is 24.3 Å². The van der Waals surface area contributed by atoms with Crippen molar-refractivity contribution in [3.05, 3.63) is 75.4 Å². The van der Waals surface area contributed by atoms with E-state index in [0.29, 0.717) is 11.1 Å². The first-order chi connectivity index (χ1) is 11.6. The summed E-state index contributed by atoms with van der Waals surface area (Å²) in [6.45, 7) is 0. The smallest absolute Gasteiger partial charge is 0.363 e. The highest BCUT2D eigenvalue weighted by molar-refractivity contribution is 9.10. The molecule has 0 atom stereocenters. The Balaban J connectivity index is 1.87. The van der Waals surface area contributed by atoms with Gasteiger partial charge in [0.15, 0.2) is 5.70 Å². The van der Waals surface area contributed by atoms with Crippen molar-refractivity contribution in [3.63, 3.8) is 0 Å². The van der Waals surface area contributed by atoms with Gasteiger partial charge in [0.2, 0.25) is 5.90 Å². The van der Waals surface area contributed by atoms with Crippen molar-refractivity contribution in [2.24, 2.45) is 4.99 Å². The van der Waals surface area contributed by atoms with Crippen LogP contribution in [0.1, 0.15) is 21.5 Å². The summed E-state index contributed by atoms with van der Waals surface area (Å²) in [6, 6.07) is 14.0. The van der Waals surface area contributed by atoms with Crippen LogP contribution >= 0.6 is 15.9 Å². The summed E-state index contributed by atoms with van der Waals surface area (Å²) in [7, 11) is 1.32. The lowest BCUT2D eigenvalue weighted by molar-refractivity contribution is -0.129. The molecule has 0 unspecified atom stereocenters. The molecule has 0 spiro atoms. The van der Waals surface area contributed by atoms with Crippen LogP contribution in [0.5, 0.6) is 0 Å². The van der Waals surface area contributed by atoms with Crippen LogP contribution in [0.3, 0.4) is 0 Å². The molecule has 120 valence electrons. The van der Waals surface area contributed by atoms with Gasteiger partial charge >= 0.3 is 11.9 Å². The first-order valence-electron chi connectivity index (χ1n) is 7.04. The number of rotatable bonds is 3. The SMILES string of the molecule is COC(=O)c1ccc(/C=C2/N=C(c3cccc(Br)c3)OC2=O)cc1. The number of hydrogen-bond acceptors (Lipinski definition) is 5. The first kappa shape index (κ1) is 16.1. The topological polar surface area (TPSA) is 65.0 Å². The van der Waals surface area contributed by atoms with Crippen molar-refractivity contribution in [1.82, 2.24) is 0 Å². The number of cyclic esters (lactones) is 1. The van der Waals surface area contributed by atoms with Crippen molar-refractivity contribution in [3.8, 4) is 0 Å². The van der Waals surface area contributed by atoms with Gasteiger partial charge in [0.25, 0.3) is 0 Å². The van der Waals surface area contributed by atoms with Gasteiger partial charge in [-0.3, -0.25) is 0 Å². The lowest BCUT2D eigenvalue weighted by atomic mass is 10.1. The van der Waals surface area contributed by atoms with Crippen molar-refractivity contribution >= 4 is 39.8 Å². The van der Waals surface area contributed by atoms with E-state index in [1.54, 1.807) is 30.3 Å². The van der Waals surface area contributed by atoms with Crippen LogP contribution in [0.25, 0.3) is 6.08 Å². The maximum Gasteiger partial charge on any atom is 0.363 e. The molecule has 2 aromatic carbocycles. The Morgan fingerprint density at radius 3 is 2.62 bits per heavy atom. The van der Waals surface area contributed by atoms with Gasteiger partial charge in [-0.25, -0.2) is 14.6 Å². The summed E-state index contributed by atoms with van der Waals surface area (Å²) in [5.41, 5.74) is 2.08. The molecule has 0 N–H and O–H groups in total. The molecule has 0 saturated heterocycles. The third-order valence-electron chi connectivity index (χ3n) is 3.33. The van der Waals surface area contributed by atoms with Gasteiger partial charge in [-0.1, -0.05) is 34.1 Å². The zero-order valence-corrected chi connectivity index (χ0v) is 14.2. The van der Waals surface area contributed by atoms with Crippen molar-refractivity contribution in [2.75, 3.05) is 7.11 Å². The fourth-order valence-corrected chi connectivity index (χ4v) is 2.54. The van der Waals surface area contributed by atoms with Crippen molar-refractivity contribution < 1.29 is 19.1 Å². The fourth-order valence-electron chi connectivity index (χ4n) is 2.15. The van der Waals surface area contributed by atoms with Gasteiger partial charge in [-0.05, 0) is 42.0 Å². The highest BCUT2D eigenvalue weighted by atomic mass is 79.9. The lowest BCUT2D eigenvalue weighted by Crippen LogP contribution is -2.05. The zero-order chi connectivity index (χ0) is 17.1. The molecule has 24 heavy (non-hydrogen) atoms. The summed E-state index contributed by atoms with van der Waals surface area (Å²) in [4.78, 5) is 27.6. The van der Waals surface area contributed by atoms with Crippen LogP contribution in [0.4, 0.5) is 0 Å². The Hall–Kier alpha value is -2.73. The molecule has 6 heteroatoms. The van der Waals surface area contributed by atoms with Gasteiger partial charge < -0.3 is 9.47 Å². The monoisotopic (exact) mass is 385 g/mol. The average Bonchev–Trinajstić information content (AvgIpc) is 2.96. The molecule has 0 aliphatic carbocycles. The lowest BCUT2D eigenvalue weighted by Gasteiger charge is -1.99. The predicted molar refractivity (Wildman–Crippen MR) is 92.5 cm³/mol. The molecule has 0 saturated carbocycles. The van der Waals surface area contributed by atoms with E-state index in [9.17, 15) is 9.59 Å². The molecule has 0 fully saturated rings. The number of benzene rings is 2. The van der Waals surface area contributed by atoms with Gasteiger partial charge in [0.1, 0.15) is 0 Å². The highest BCUT2D eigenvalue weighted by Gasteiger charge is 2.24. The van der Waals surface area contributed by atoms with Crippen LogP contribution in [-0.4, -0.2) is 24.9 Å². The Bertz CT molecular complexity index is 869. The van der Waals surface area contributed by atoms with Crippen molar-refractivity contribution in [1.29, 1.82) is 0 Å². The number of methoxy groups -OCH3 is 1. The summed E-state index contributed by atoms with van der Waals surface area (Å²) in [6.07, 6.45) is 1.61. The van der Waals surface area contributed by atoms with Crippen LogP contribution < -0.4 is 0 Å². The fraction of sp³-hybridized carbons (Fsp3) is 0.0556. The number of ether oxygens (including phenoxy) is 2. The third-order valence-corrected chi connectivity index (χ3v) is 3.82. The molecule has 1 heterocycles. The Morgan fingerprint density at radius 2 is 1.96 bits per heavy atom. The number of halogens is 1. The second kappa shape index (κ2) is 6.80. The first-order valence-corrected chi connectivity index (χ1v) is 7.83. The second-order valence-electron chi connectivity index (χ2n) is 4.96. The normalized spacial score (nSPS) is 15.2. The van der Waals surface area contributed by atoms with E-state index >= 15 is 0 Å². The molecular formula is C18H12BrNO4. The number of carbonyl (C=O) groups is 2. The zero-order valence-electron chi connectivity index (χ0n) is 12.7. The Labute approximate surface area is 146 Å². The van der Waals surface area contributed by atoms with Gasteiger partial charge in [0, 0.05) is 10.0 Å². The second-order valence-corrected chi connectivity index (χ2v) is 5.88. The van der Waals surface area contributed by atoms with E-state index < -0.39 is 11.9 Å². The van der Waals surface area contributed by atoms with Gasteiger partial charge in [-0.15, -0.1) is 0 Å². The molecule has 5 nitrogen and oxygen atoms in total. The van der Waals surface area contributed by atoms with Crippen LogP contribution in [0.15, 0.2) is 63.7 Å². The molecule has 1 aliphatic heterocycles. The molecular weight excluding hydrogens is 374 g/mol. The number of esters is 2. The van der Waals surface area contributed by atoms with Gasteiger partial charge in [0.05, 0.1) is 12.7 Å². The number of nitrogens with zero attached hydrogens (tertiary/aromatic N) is 1. The maximum absolute atomic E-state index is 12.0. The minimum absolute atomic E-state index is 0.204. The highest BCUT2D eigenvalue weighted by Crippen LogP contribution is 2.21. The predicted octanol–water partition coefficient (Wildman–Crippen LogP) is 3.58. The Morgan fingerprint density at radius 1 is 1.21 bits per heavy atom. The summed E-state index contributed by atoms with van der Waals surface area (Å²) in [5.74, 6) is -0.662. The molecule has 1 aliphatic rings. The summed E-state index contributed by atoms with van der Waals surface area (Å²) < 4.78 is 10.7. The standard InChI is InChI=1S/C18H12BrNO4/c1-23-17(21)12-7-5-11(6-8-12)9-15-18(22)24-16(20-15)13-3-2-4-14(19)10-13/h2-10H,1H3/b15-9+. The number of carbonyl (C=O) groups excluding carboxylic acids is 2. The number of aliphatic imine (C=N–C) groups is 1. The molecule has 0 radical (unpaired) electrons. The van der Waals surface area contributed by atoms with Crippen molar-refractivity contribution in [2.45, 2.75) is 0 Å². The van der Waals surface area contributed by atoms with E-state index in [4.69, 9.17) is 4.74 Å². The average molecular weight is 386 g/mol. The van der Waals surface area contributed by atoms with Crippen LogP contribution in [-0.2, 0) is 14.3 Å². The molecule has 2 aromatic rings. The quantitative estimate of drug-likeness (QED) is 0.598. The van der Waals surface area contributed by atoms with E-state index in [0.717, 1.165) is 10.0 Å². The minimum Gasteiger partial charge on any atom is -0.465 e. The molecule has 0 amide bonds. The van der Waals surface area contributed by atoms with E-state index in [2.05, 4.69) is 25.7 Å². The number of hydrogen-bond donors (Lipinski definition) is 0. The van der Waals surface area contributed by atoms with Crippen LogP contribution in [0.2, 0.25) is 0 Å². The minimum atomic E-state index is -0.512. The largest absolute Gasteiger partial charge is 0.465 e. The van der Waals surface area contributed by atoms with E-state index in [1.165, 1.54) is 7.11 Å². The molecule has 3 rings (SSSR count). The molecule has 0 bridgehead atoms.